The molecule has 0 aliphatic heterocycles. The van der Waals surface area contributed by atoms with Gasteiger partial charge in [0.25, 0.3) is 0 Å². The van der Waals surface area contributed by atoms with Crippen LogP contribution in [0, 0.1) is 0 Å². The Morgan fingerprint density at radius 3 is 1.63 bits per heavy atom. The summed E-state index contributed by atoms with van der Waals surface area (Å²) < 4.78 is 2.64. The van der Waals surface area contributed by atoms with Gasteiger partial charge in [0.1, 0.15) is 0 Å². The summed E-state index contributed by atoms with van der Waals surface area (Å²) in [6.45, 7) is 0. The number of hydrogen-bond acceptors (Lipinski definition) is 3. The van der Waals surface area contributed by atoms with Gasteiger partial charge in [0.15, 0.2) is 0 Å². The van der Waals surface area contributed by atoms with Crippen LogP contribution in [-0.2, 0) is 0 Å². The zero-order valence-electron chi connectivity index (χ0n) is 26.5. The van der Waals surface area contributed by atoms with Crippen LogP contribution in [0.2, 0.25) is 0 Å². The highest BCUT2D eigenvalue weighted by molar-refractivity contribution is 7.26. The first kappa shape index (κ1) is 27.9. The second kappa shape index (κ2) is 11.2. The number of benzene rings is 8. The molecule has 0 saturated heterocycles. The molecule has 0 fully saturated rings. The summed E-state index contributed by atoms with van der Waals surface area (Å²) in [5.41, 5.74) is 11.0. The van der Waals surface area contributed by atoms with Crippen molar-refractivity contribution in [1.82, 2.24) is 9.97 Å². The second-order valence-corrected chi connectivity index (χ2v) is 13.6. The molecule has 0 aliphatic carbocycles. The molecule has 0 unspecified atom stereocenters. The van der Waals surface area contributed by atoms with Crippen LogP contribution in [0.4, 0.5) is 0 Å². The predicted molar refractivity (Wildman–Crippen MR) is 209 cm³/mol. The maximum atomic E-state index is 5.33. The van der Waals surface area contributed by atoms with E-state index in [1.807, 2.05) is 17.5 Å². The summed E-state index contributed by atoms with van der Waals surface area (Å²) >= 11 is 1.86. The van der Waals surface area contributed by atoms with Crippen LogP contribution in [0.3, 0.4) is 0 Å². The Morgan fingerprint density at radius 2 is 0.939 bits per heavy atom. The van der Waals surface area contributed by atoms with Crippen LogP contribution in [0.15, 0.2) is 170 Å². The van der Waals surface area contributed by atoms with E-state index in [-0.39, 0.29) is 0 Å². The number of hydrogen-bond donors (Lipinski definition) is 0. The molecule has 0 atom stereocenters. The molecule has 3 heteroatoms. The van der Waals surface area contributed by atoms with Crippen molar-refractivity contribution in [1.29, 1.82) is 0 Å². The minimum atomic E-state index is 0.868. The fourth-order valence-corrected chi connectivity index (χ4v) is 8.51. The van der Waals surface area contributed by atoms with Crippen molar-refractivity contribution < 1.29 is 0 Å². The molecule has 10 aromatic rings. The fraction of sp³-hybridized carbons (Fsp3) is 0. The second-order valence-electron chi connectivity index (χ2n) is 12.6. The van der Waals surface area contributed by atoms with E-state index < -0.39 is 0 Å². The van der Waals surface area contributed by atoms with Gasteiger partial charge in [-0.05, 0) is 62.4 Å². The Kier molecular flexibility index (Phi) is 6.39. The average Bonchev–Trinajstić information content (AvgIpc) is 3.57. The van der Waals surface area contributed by atoms with Crippen molar-refractivity contribution in [3.05, 3.63) is 170 Å². The van der Waals surface area contributed by atoms with Gasteiger partial charge in [-0.25, -0.2) is 4.98 Å². The largest absolute Gasteiger partial charge is 0.252 e. The lowest BCUT2D eigenvalue weighted by atomic mass is 9.93. The van der Waals surface area contributed by atoms with Crippen LogP contribution in [-0.4, -0.2) is 9.97 Å². The standard InChI is InChI=1S/C46H28N2S/c1-3-10-29(11-4-1)33-22-24-37-40(26-33)41-27-34(30-12-5-2-6-13-30)23-25-38(41)45-44(37)47-28-42(48-45)32-20-18-31(19-21-32)35-15-9-16-39-36-14-7-8-17-43(36)49-46(35)39/h1-28H. The molecule has 0 bridgehead atoms. The molecule has 228 valence electrons. The Hall–Kier alpha value is -6.16. The van der Waals surface area contributed by atoms with Crippen molar-refractivity contribution in [3.63, 3.8) is 0 Å². The normalized spacial score (nSPS) is 11.7. The van der Waals surface area contributed by atoms with E-state index in [1.165, 1.54) is 64.3 Å². The van der Waals surface area contributed by atoms with Gasteiger partial charge in [0.2, 0.25) is 0 Å². The fourth-order valence-electron chi connectivity index (χ4n) is 7.28. The van der Waals surface area contributed by atoms with E-state index >= 15 is 0 Å². The van der Waals surface area contributed by atoms with Gasteiger partial charge < -0.3 is 0 Å². The SMILES string of the molecule is c1ccc(-c2ccc3c(c2)c2cc(-c4ccccc4)ccc2c2nc(-c4ccc(-c5cccc6c5sc5ccccc56)cc4)cnc32)cc1. The Labute approximate surface area is 287 Å². The highest BCUT2D eigenvalue weighted by Crippen LogP contribution is 2.41. The molecule has 2 aromatic heterocycles. The Bertz CT molecular complexity index is 2850. The first-order valence-electron chi connectivity index (χ1n) is 16.6. The van der Waals surface area contributed by atoms with Gasteiger partial charge in [0.05, 0.1) is 22.9 Å². The molecule has 8 aromatic carbocycles. The number of aromatic nitrogens is 2. The summed E-state index contributed by atoms with van der Waals surface area (Å²) in [6.07, 6.45) is 1.93. The predicted octanol–water partition coefficient (Wildman–Crippen LogP) is 13.0. The van der Waals surface area contributed by atoms with E-state index in [1.54, 1.807) is 0 Å². The van der Waals surface area contributed by atoms with Crippen molar-refractivity contribution in [2.75, 3.05) is 0 Å². The number of fused-ring (bicyclic) bond motifs is 9. The van der Waals surface area contributed by atoms with E-state index in [0.29, 0.717) is 0 Å². The summed E-state index contributed by atoms with van der Waals surface area (Å²) in [5.74, 6) is 0. The van der Waals surface area contributed by atoms with Crippen molar-refractivity contribution in [3.8, 4) is 44.6 Å². The zero-order valence-corrected chi connectivity index (χ0v) is 27.3. The summed E-state index contributed by atoms with van der Waals surface area (Å²) in [4.78, 5) is 10.4. The highest BCUT2D eigenvalue weighted by atomic mass is 32.1. The molecule has 0 N–H and O–H groups in total. The lowest BCUT2D eigenvalue weighted by Crippen LogP contribution is -1.93. The van der Waals surface area contributed by atoms with Crippen LogP contribution in [0.25, 0.3) is 97.4 Å². The smallest absolute Gasteiger partial charge is 0.0979 e. The summed E-state index contributed by atoms with van der Waals surface area (Å²) in [5, 5.41) is 7.21. The number of rotatable bonds is 4. The Balaban J connectivity index is 1.13. The first-order chi connectivity index (χ1) is 24.3. The molecular formula is C46H28N2S. The average molecular weight is 641 g/mol. The zero-order chi connectivity index (χ0) is 32.3. The quantitative estimate of drug-likeness (QED) is 0.179. The van der Waals surface area contributed by atoms with E-state index in [2.05, 4.69) is 164 Å². The minimum Gasteiger partial charge on any atom is -0.252 e. The maximum absolute atomic E-state index is 5.33. The van der Waals surface area contributed by atoms with Gasteiger partial charge >= 0.3 is 0 Å². The molecule has 0 radical (unpaired) electrons. The molecule has 0 spiro atoms. The monoisotopic (exact) mass is 640 g/mol. The number of nitrogens with zero attached hydrogens (tertiary/aromatic N) is 2. The van der Waals surface area contributed by atoms with E-state index in [9.17, 15) is 0 Å². The highest BCUT2D eigenvalue weighted by Gasteiger charge is 2.16. The van der Waals surface area contributed by atoms with Crippen LogP contribution < -0.4 is 0 Å². The molecule has 49 heavy (non-hydrogen) atoms. The molecule has 2 heterocycles. The molecule has 2 nitrogen and oxygen atoms in total. The lowest BCUT2D eigenvalue weighted by Gasteiger charge is -2.14. The van der Waals surface area contributed by atoms with E-state index in [4.69, 9.17) is 9.97 Å². The first-order valence-corrected chi connectivity index (χ1v) is 17.4. The van der Waals surface area contributed by atoms with Gasteiger partial charge in [-0.3, -0.25) is 4.98 Å². The number of thiophene rings is 1. The third kappa shape index (κ3) is 4.62. The van der Waals surface area contributed by atoms with Crippen LogP contribution in [0.5, 0.6) is 0 Å². The third-order valence-corrected chi connectivity index (χ3v) is 10.9. The molecule has 0 aliphatic rings. The molecule has 0 saturated carbocycles. The molecular weight excluding hydrogens is 613 g/mol. The maximum Gasteiger partial charge on any atom is 0.0979 e. The molecule has 10 rings (SSSR count). The van der Waals surface area contributed by atoms with Crippen molar-refractivity contribution in [2.24, 2.45) is 0 Å². The van der Waals surface area contributed by atoms with Crippen molar-refractivity contribution in [2.45, 2.75) is 0 Å². The van der Waals surface area contributed by atoms with Gasteiger partial charge in [-0.2, -0.15) is 0 Å². The minimum absolute atomic E-state index is 0.868. The van der Waals surface area contributed by atoms with Crippen molar-refractivity contribution >= 4 is 64.1 Å². The van der Waals surface area contributed by atoms with Crippen LogP contribution in [0.1, 0.15) is 0 Å². The van der Waals surface area contributed by atoms with Gasteiger partial charge in [-0.15, -0.1) is 11.3 Å². The summed E-state index contributed by atoms with van der Waals surface area (Å²) in [7, 11) is 0. The summed E-state index contributed by atoms with van der Waals surface area (Å²) in [6, 6.07) is 58.8. The third-order valence-electron chi connectivity index (χ3n) is 9.72. The van der Waals surface area contributed by atoms with E-state index in [0.717, 1.165) is 33.1 Å². The van der Waals surface area contributed by atoms with Crippen LogP contribution >= 0.6 is 11.3 Å². The molecule has 0 amide bonds. The lowest BCUT2D eigenvalue weighted by molar-refractivity contribution is 1.31. The van der Waals surface area contributed by atoms with Gasteiger partial charge in [-0.1, -0.05) is 146 Å². The topological polar surface area (TPSA) is 25.8 Å². The Morgan fingerprint density at radius 1 is 0.367 bits per heavy atom. The van der Waals surface area contributed by atoms with Gasteiger partial charge in [0, 0.05) is 36.5 Å².